The molecule has 38 nitrogen and oxygen atoms in total. The number of aliphatic hydroxyl groups excluding tert-OH is 5. The zero-order valence-electron chi connectivity index (χ0n) is 58.3. The highest BCUT2D eigenvalue weighted by Crippen LogP contribution is 2.50. The van der Waals surface area contributed by atoms with E-state index in [1.54, 1.807) is 0 Å². The molecule has 0 radical (unpaired) electrons. The third-order valence-electron chi connectivity index (χ3n) is 18.8. The Hall–Kier alpha value is -10.1. The van der Waals surface area contributed by atoms with Gasteiger partial charge in [0.15, 0.2) is 29.9 Å². The van der Waals surface area contributed by atoms with E-state index in [0.717, 1.165) is 83.2 Å². The summed E-state index contributed by atoms with van der Waals surface area (Å²) in [5.41, 5.74) is 10.3. The van der Waals surface area contributed by atoms with Gasteiger partial charge in [-0.15, -0.1) is 10.2 Å². The predicted octanol–water partition coefficient (Wildman–Crippen LogP) is -0.503. The van der Waals surface area contributed by atoms with E-state index in [9.17, 15) is 69.9 Å². The predicted molar refractivity (Wildman–Crippen MR) is 381 cm³/mol. The number of nitrogen functional groups attached to an aromatic ring is 2. The van der Waals surface area contributed by atoms with E-state index >= 15 is 14.4 Å². The Morgan fingerprint density at radius 3 is 1.97 bits per heavy atom. The Kier molecular flexibility index (Phi) is 23.9. The smallest absolute Gasteiger partial charge is 0.330 e. The molecule has 7 amide bonds. The van der Waals surface area contributed by atoms with Crippen molar-refractivity contribution in [3.8, 4) is 57.1 Å². The number of anilines is 1. The third-order valence-corrected chi connectivity index (χ3v) is 20.4. The first-order valence-corrected chi connectivity index (χ1v) is 35.4. The number of hydrogen-bond acceptors (Lipinski definition) is 30. The van der Waals surface area contributed by atoms with Crippen molar-refractivity contribution in [2.24, 2.45) is 23.2 Å². The number of rotatable bonds is 16. The number of ether oxygens (including phenoxy) is 6. The minimum absolute atomic E-state index is 0.00934. The van der Waals surface area contributed by atoms with Gasteiger partial charge in [0.25, 0.3) is 5.95 Å². The van der Waals surface area contributed by atoms with Crippen LogP contribution in [0.25, 0.3) is 11.1 Å². The molecule has 41 heteroatoms. The SMILES string of the molecule is CN[C@H](CC(C)C)C(=O)N[C@H]1C(=O)N[C@@H](CC(N)=O)C(=O)N[C@H]2C(=O)N[C@H]3C(=O)N[C@H](C(=O)N[C@@H](C(=O)O)c4cc(O)cc(O)c4-c4cc3ccc4O)[C@H](O)c3ccc(c(Cl)c3)Oc3cc2cc(c3OC2OC(CSc3nnc(NN)n3N)C(O)C(O)C2OC2CC(C)(N)C(O)C(C)O2)Oc2ccc(cc2Cl)[C@H]1O. The molecule has 8 heterocycles. The number of carboxylic acids is 1. The number of benzene rings is 5. The quantitative estimate of drug-likeness (QED) is 0.0330. The molecule has 584 valence electrons. The highest BCUT2D eigenvalue weighted by atomic mass is 35.5. The van der Waals surface area contributed by atoms with Crippen LogP contribution < -0.4 is 80.0 Å². The van der Waals surface area contributed by atoms with Crippen LogP contribution in [-0.4, -0.2) is 200 Å². The fourth-order valence-corrected chi connectivity index (χ4v) is 14.5. The van der Waals surface area contributed by atoms with Crippen molar-refractivity contribution in [2.75, 3.05) is 24.1 Å². The first-order chi connectivity index (χ1) is 51.5. The van der Waals surface area contributed by atoms with Gasteiger partial charge in [-0.25, -0.2) is 15.3 Å². The number of hydrogen-bond donors (Lipinski definition) is 21. The maximum atomic E-state index is 16.2. The zero-order chi connectivity index (χ0) is 79.1. The summed E-state index contributed by atoms with van der Waals surface area (Å²) in [6.45, 7) is 6.64. The van der Waals surface area contributed by atoms with E-state index in [4.69, 9.17) is 74.8 Å². The summed E-state index contributed by atoms with van der Waals surface area (Å²) < 4.78 is 40.4. The Morgan fingerprint density at radius 1 is 0.752 bits per heavy atom. The second kappa shape index (κ2) is 32.6. The molecule has 109 heavy (non-hydrogen) atoms. The molecule has 2 fully saturated rings. The Bertz CT molecular complexity index is 4540. The first kappa shape index (κ1) is 79.9. The molecule has 0 aliphatic carbocycles. The topological polar surface area (TPSA) is 605 Å². The maximum absolute atomic E-state index is 16.2. The summed E-state index contributed by atoms with van der Waals surface area (Å²) in [4.78, 5) is 118. The van der Waals surface area contributed by atoms with Crippen molar-refractivity contribution in [1.82, 2.24) is 52.1 Å². The molecule has 0 spiro atoms. The van der Waals surface area contributed by atoms with Crippen molar-refractivity contribution < 1.29 is 113 Å². The van der Waals surface area contributed by atoms with E-state index < -0.39 is 231 Å². The summed E-state index contributed by atoms with van der Waals surface area (Å²) in [6.07, 6.45) is -18.5. The van der Waals surface area contributed by atoms with Crippen LogP contribution >= 0.6 is 35.0 Å². The van der Waals surface area contributed by atoms with E-state index in [1.807, 2.05) is 13.8 Å². The molecule has 7 aliphatic rings. The van der Waals surface area contributed by atoms with E-state index in [0.29, 0.717) is 0 Å². The second-order valence-corrected chi connectivity index (χ2v) is 29.0. The lowest BCUT2D eigenvalue weighted by atomic mass is 9.86. The van der Waals surface area contributed by atoms with Gasteiger partial charge in [0.1, 0.15) is 83.4 Å². The van der Waals surface area contributed by atoms with Crippen molar-refractivity contribution in [2.45, 2.75) is 161 Å². The molecule has 25 N–H and O–H groups in total. The molecule has 11 bridgehead atoms. The molecule has 1 aromatic heterocycles. The number of carbonyl (C=O) groups is 8. The number of amides is 7. The average molecular weight is 1580 g/mol. The number of phenols is 3. The lowest BCUT2D eigenvalue weighted by molar-refractivity contribution is -0.329. The number of aromatic nitrogens is 3. The molecule has 9 unspecified atom stereocenters. The monoisotopic (exact) mass is 1580 g/mol. The van der Waals surface area contributed by atoms with Crippen LogP contribution in [0.5, 0.6) is 46.0 Å². The number of aromatic hydroxyl groups is 3. The number of nitrogens with zero attached hydrogens (tertiary/aromatic N) is 3. The Morgan fingerprint density at radius 2 is 1.38 bits per heavy atom. The van der Waals surface area contributed by atoms with E-state index in [1.165, 1.54) is 33.0 Å². The standard InChI is InChI=1S/C68H79Cl2N15O23S/c1-23(2)12-34(75-5)58(95)80-49-51(90)26-7-10-38(32(69)14-26)104-40-16-28-17-41(55(40)108-65-56(107-44-21-68(4,72)57(94)24(3)103-44)54(93)53(92)42(106-65)22-109-67-84-83-66(82-73)85(67)74)105-39-11-8-27(15-33(39)70)52(91)50-63(100)79-48(64(101)102)31-18-29(86)19-37(88)45(31)30-13-25(6-9-36(30)87)46(60(97)81-50)78-61(98)47(28)77-59(96)35(20-43(71)89)76-62(49)99/h6-11,13-19,23-24,34-35,42,44,46-54,56-57,65,75,86-88,90-94H,12,20-22,72-74H2,1-5H3,(H2,71,89)(H,76,99)(H,77,96)(H,78,98)(H,79,100)(H,80,95)(H,81,97)(H,82,83)(H,101,102)/t24?,34-,35+,42?,44?,46-,47-,48-,49-,50+,51-,52-,53?,54?,56?,57?,65?,68?/m1/s1. The Labute approximate surface area is 632 Å². The number of hydrazine groups is 1. The number of carbonyl (C=O) groups excluding carboxylic acids is 7. The van der Waals surface area contributed by atoms with Gasteiger partial charge in [0.05, 0.1) is 40.8 Å². The fraction of sp³-hybridized carbons (Fsp3) is 0.412. The van der Waals surface area contributed by atoms with Crippen molar-refractivity contribution in [3.63, 3.8) is 0 Å². The Balaban J connectivity index is 1.16. The summed E-state index contributed by atoms with van der Waals surface area (Å²) in [7, 11) is 1.47. The molecule has 18 atom stereocenters. The molecule has 0 saturated carbocycles. The summed E-state index contributed by atoms with van der Waals surface area (Å²) in [5, 5.41) is 130. The molecular formula is C68H79Cl2N15O23S. The van der Waals surface area contributed by atoms with Crippen LogP contribution in [0, 0.1) is 5.92 Å². The second-order valence-electron chi connectivity index (χ2n) is 27.2. The number of nitrogens with two attached hydrogens (primary N) is 4. The normalized spacial score (nSPS) is 28.1. The lowest BCUT2D eigenvalue weighted by Crippen LogP contribution is -2.64. The lowest BCUT2D eigenvalue weighted by Gasteiger charge is -2.47. The van der Waals surface area contributed by atoms with Crippen molar-refractivity contribution in [3.05, 3.63) is 117 Å². The van der Waals surface area contributed by atoms with Gasteiger partial charge in [-0.2, -0.15) is 0 Å². The van der Waals surface area contributed by atoms with Gasteiger partial charge in [-0.1, -0.05) is 67.0 Å². The van der Waals surface area contributed by atoms with Gasteiger partial charge >= 0.3 is 5.97 Å². The molecule has 2 saturated heterocycles. The third kappa shape index (κ3) is 17.0. The maximum Gasteiger partial charge on any atom is 0.330 e. The number of primary amides is 1. The number of halogens is 2. The minimum atomic E-state index is -2.37. The number of aliphatic carboxylic acids is 1. The van der Waals surface area contributed by atoms with Crippen LogP contribution in [0.3, 0.4) is 0 Å². The van der Waals surface area contributed by atoms with E-state index in [-0.39, 0.29) is 63.1 Å². The van der Waals surface area contributed by atoms with Gasteiger partial charge < -0.3 is 129 Å². The first-order valence-electron chi connectivity index (χ1n) is 33.7. The van der Waals surface area contributed by atoms with Crippen LogP contribution in [0.15, 0.2) is 84.0 Å². The van der Waals surface area contributed by atoms with Crippen molar-refractivity contribution >= 4 is 88.2 Å². The molecular weight excluding hydrogens is 1500 g/mol. The number of fused-ring (bicyclic) bond motifs is 15. The highest BCUT2D eigenvalue weighted by molar-refractivity contribution is 7.99. The highest BCUT2D eigenvalue weighted by Gasteiger charge is 2.52. The largest absolute Gasteiger partial charge is 0.508 e. The zero-order valence-corrected chi connectivity index (χ0v) is 60.6. The van der Waals surface area contributed by atoms with Gasteiger partial charge in [0.2, 0.25) is 58.5 Å². The van der Waals surface area contributed by atoms with Crippen LogP contribution in [0.1, 0.15) is 105 Å². The van der Waals surface area contributed by atoms with Gasteiger partial charge in [-0.05, 0) is 110 Å². The number of aliphatic hydroxyl groups is 5. The fourth-order valence-electron chi connectivity index (χ4n) is 13.1. The number of nitrogens with one attached hydrogen (secondary N) is 8. The molecule has 6 aromatic rings. The molecule has 13 rings (SSSR count). The van der Waals surface area contributed by atoms with Gasteiger partial charge in [-0.3, -0.25) is 39.0 Å². The summed E-state index contributed by atoms with van der Waals surface area (Å²) >= 11 is 15.1. The average Bonchev–Trinajstić information content (AvgIpc) is 0.923. The number of phenolic OH excluding ortho intramolecular Hbond substituents is 3. The van der Waals surface area contributed by atoms with E-state index in [2.05, 4.69) is 52.8 Å². The van der Waals surface area contributed by atoms with Crippen LogP contribution in [0.4, 0.5) is 5.95 Å². The number of thioether (sulfide) groups is 1. The van der Waals surface area contributed by atoms with Crippen LogP contribution in [-0.2, 0) is 52.6 Å². The minimum Gasteiger partial charge on any atom is -0.508 e. The summed E-state index contributed by atoms with van der Waals surface area (Å²) in [5.74, 6) is -4.72. The summed E-state index contributed by atoms with van der Waals surface area (Å²) in [6, 6.07) is -0.719. The van der Waals surface area contributed by atoms with Gasteiger partial charge in [0, 0.05) is 40.5 Å². The number of carboxylic acid groups (broad SMARTS) is 1. The van der Waals surface area contributed by atoms with Crippen molar-refractivity contribution in [1.29, 1.82) is 0 Å². The molecule has 7 aliphatic heterocycles. The van der Waals surface area contributed by atoms with Crippen LogP contribution in [0.2, 0.25) is 10.0 Å². The molecule has 5 aromatic carbocycles. The number of likely N-dealkylation sites (N-methyl/N-ethyl adjacent to an activating group) is 1.